The van der Waals surface area contributed by atoms with Crippen LogP contribution in [0, 0.1) is 0 Å². The fourth-order valence-electron chi connectivity index (χ4n) is 2.55. The maximum atomic E-state index is 6.06. The van der Waals surface area contributed by atoms with E-state index >= 15 is 0 Å². The Hall–Kier alpha value is -0.870. The second kappa shape index (κ2) is 6.90. The lowest BCUT2D eigenvalue weighted by molar-refractivity contribution is 0.0359. The van der Waals surface area contributed by atoms with Crippen molar-refractivity contribution in [3.8, 4) is 0 Å². The first-order chi connectivity index (χ1) is 8.83. The number of hydrogen-bond acceptors (Lipinski definition) is 3. The molecule has 1 fully saturated rings. The molecule has 1 aromatic heterocycles. The largest absolute Gasteiger partial charge is 0.372 e. The van der Waals surface area contributed by atoms with E-state index in [4.69, 9.17) is 4.74 Å². The predicted octanol–water partition coefficient (Wildman–Crippen LogP) is 1.99. The molecule has 102 valence electrons. The minimum absolute atomic E-state index is 0.360. The number of imidazole rings is 1. The molecule has 0 saturated carbocycles. The molecule has 0 spiro atoms. The molecule has 0 bridgehead atoms. The van der Waals surface area contributed by atoms with Gasteiger partial charge in [0.1, 0.15) is 5.82 Å². The summed E-state index contributed by atoms with van der Waals surface area (Å²) in [5, 5.41) is 3.36. The molecule has 1 N–H and O–H groups in total. The fourth-order valence-corrected chi connectivity index (χ4v) is 2.55. The molecule has 0 amide bonds. The van der Waals surface area contributed by atoms with Crippen LogP contribution in [0.25, 0.3) is 0 Å². The SMILES string of the molecule is CCCc1nccn1CC1CCC(CNCC)O1. The van der Waals surface area contributed by atoms with Gasteiger partial charge in [0, 0.05) is 25.4 Å². The molecular formula is C14H25N3O. The number of likely N-dealkylation sites (N-methyl/N-ethyl adjacent to an activating group) is 1. The summed E-state index contributed by atoms with van der Waals surface area (Å²) >= 11 is 0. The van der Waals surface area contributed by atoms with E-state index in [9.17, 15) is 0 Å². The number of aryl methyl sites for hydroxylation is 1. The van der Waals surface area contributed by atoms with Gasteiger partial charge in [-0.1, -0.05) is 13.8 Å². The van der Waals surface area contributed by atoms with Crippen molar-refractivity contribution in [2.75, 3.05) is 13.1 Å². The van der Waals surface area contributed by atoms with Crippen molar-refractivity contribution in [3.63, 3.8) is 0 Å². The van der Waals surface area contributed by atoms with Crippen molar-refractivity contribution in [3.05, 3.63) is 18.2 Å². The maximum absolute atomic E-state index is 6.06. The summed E-state index contributed by atoms with van der Waals surface area (Å²) in [5.74, 6) is 1.19. The first-order valence-corrected chi connectivity index (χ1v) is 7.19. The van der Waals surface area contributed by atoms with Gasteiger partial charge in [0.2, 0.25) is 0 Å². The number of aromatic nitrogens is 2. The highest BCUT2D eigenvalue weighted by molar-refractivity contribution is 4.93. The van der Waals surface area contributed by atoms with Gasteiger partial charge < -0.3 is 14.6 Å². The molecule has 4 heteroatoms. The van der Waals surface area contributed by atoms with Crippen molar-refractivity contribution in [1.29, 1.82) is 0 Å². The highest BCUT2D eigenvalue weighted by Gasteiger charge is 2.25. The quantitative estimate of drug-likeness (QED) is 0.805. The van der Waals surface area contributed by atoms with Gasteiger partial charge in [-0.3, -0.25) is 0 Å². The number of hydrogen-bond donors (Lipinski definition) is 1. The Morgan fingerprint density at radius 3 is 3.00 bits per heavy atom. The summed E-state index contributed by atoms with van der Waals surface area (Å²) in [4.78, 5) is 4.41. The molecule has 18 heavy (non-hydrogen) atoms. The number of nitrogens with one attached hydrogen (secondary N) is 1. The zero-order valence-corrected chi connectivity index (χ0v) is 11.6. The third kappa shape index (κ3) is 3.56. The minimum Gasteiger partial charge on any atom is -0.372 e. The summed E-state index contributed by atoms with van der Waals surface area (Å²) in [6, 6.07) is 0. The van der Waals surface area contributed by atoms with E-state index in [-0.39, 0.29) is 0 Å². The molecular weight excluding hydrogens is 226 g/mol. The summed E-state index contributed by atoms with van der Waals surface area (Å²) in [5.41, 5.74) is 0. The van der Waals surface area contributed by atoms with E-state index < -0.39 is 0 Å². The normalized spacial score (nSPS) is 23.7. The molecule has 1 saturated heterocycles. The molecule has 2 atom stereocenters. The van der Waals surface area contributed by atoms with Crippen LogP contribution in [-0.4, -0.2) is 34.8 Å². The molecule has 2 unspecified atom stereocenters. The van der Waals surface area contributed by atoms with E-state index in [0.29, 0.717) is 12.2 Å². The third-order valence-corrected chi connectivity index (χ3v) is 3.49. The van der Waals surface area contributed by atoms with Crippen LogP contribution in [0.4, 0.5) is 0 Å². The molecule has 2 rings (SSSR count). The molecule has 2 heterocycles. The molecule has 4 nitrogen and oxygen atoms in total. The van der Waals surface area contributed by atoms with Crippen LogP contribution in [0.1, 0.15) is 38.9 Å². The van der Waals surface area contributed by atoms with Crippen LogP contribution in [0.5, 0.6) is 0 Å². The first kappa shape index (κ1) is 13.6. The second-order valence-electron chi connectivity index (χ2n) is 5.01. The van der Waals surface area contributed by atoms with Gasteiger partial charge in [0.05, 0.1) is 18.8 Å². The van der Waals surface area contributed by atoms with Crippen LogP contribution in [0.3, 0.4) is 0 Å². The average Bonchev–Trinajstić information content (AvgIpc) is 2.98. The lowest BCUT2D eigenvalue weighted by atomic mass is 10.2. The highest BCUT2D eigenvalue weighted by Crippen LogP contribution is 2.21. The molecule has 1 aromatic rings. The topological polar surface area (TPSA) is 39.1 Å². The third-order valence-electron chi connectivity index (χ3n) is 3.49. The van der Waals surface area contributed by atoms with Crippen LogP contribution in [0.15, 0.2) is 12.4 Å². The Morgan fingerprint density at radius 1 is 1.39 bits per heavy atom. The zero-order valence-electron chi connectivity index (χ0n) is 11.6. The number of nitrogens with zero attached hydrogens (tertiary/aromatic N) is 2. The molecule has 1 aliphatic heterocycles. The molecule has 1 aliphatic rings. The van der Waals surface area contributed by atoms with Crippen LogP contribution < -0.4 is 5.32 Å². The van der Waals surface area contributed by atoms with Gasteiger partial charge in [-0.2, -0.15) is 0 Å². The summed E-state index contributed by atoms with van der Waals surface area (Å²) in [6.07, 6.45) is 9.27. The van der Waals surface area contributed by atoms with E-state index in [1.54, 1.807) is 0 Å². The van der Waals surface area contributed by atoms with Gasteiger partial charge in [-0.25, -0.2) is 4.98 Å². The summed E-state index contributed by atoms with van der Waals surface area (Å²) < 4.78 is 8.31. The molecule has 0 radical (unpaired) electrons. The van der Waals surface area contributed by atoms with Gasteiger partial charge in [0.15, 0.2) is 0 Å². The Kier molecular flexibility index (Phi) is 5.20. The second-order valence-corrected chi connectivity index (χ2v) is 5.01. The minimum atomic E-state index is 0.360. The van der Waals surface area contributed by atoms with Crippen molar-refractivity contribution >= 4 is 0 Å². The van der Waals surface area contributed by atoms with E-state index in [1.807, 2.05) is 6.20 Å². The highest BCUT2D eigenvalue weighted by atomic mass is 16.5. The first-order valence-electron chi connectivity index (χ1n) is 7.19. The number of rotatable bonds is 7. The van der Waals surface area contributed by atoms with Gasteiger partial charge in [0.25, 0.3) is 0 Å². The van der Waals surface area contributed by atoms with E-state index in [1.165, 1.54) is 18.7 Å². The Bertz CT molecular complexity index is 351. The standard InChI is InChI=1S/C14H25N3O/c1-3-5-14-16-8-9-17(14)11-13-7-6-12(18-13)10-15-4-2/h8-9,12-13,15H,3-7,10-11H2,1-2H3. The van der Waals surface area contributed by atoms with Crippen molar-refractivity contribution in [2.24, 2.45) is 0 Å². The zero-order chi connectivity index (χ0) is 12.8. The Balaban J connectivity index is 1.81. The predicted molar refractivity (Wildman–Crippen MR) is 72.7 cm³/mol. The van der Waals surface area contributed by atoms with Crippen LogP contribution in [-0.2, 0) is 17.7 Å². The number of ether oxygens (including phenoxy) is 1. The maximum Gasteiger partial charge on any atom is 0.108 e. The van der Waals surface area contributed by atoms with E-state index in [2.05, 4.69) is 34.9 Å². The fraction of sp³-hybridized carbons (Fsp3) is 0.786. The monoisotopic (exact) mass is 251 g/mol. The van der Waals surface area contributed by atoms with Crippen molar-refractivity contribution in [1.82, 2.24) is 14.9 Å². The van der Waals surface area contributed by atoms with E-state index in [0.717, 1.165) is 32.5 Å². The lowest BCUT2D eigenvalue weighted by Crippen LogP contribution is -2.27. The van der Waals surface area contributed by atoms with Crippen molar-refractivity contribution < 1.29 is 4.74 Å². The lowest BCUT2D eigenvalue weighted by Gasteiger charge is -2.15. The van der Waals surface area contributed by atoms with Gasteiger partial charge in [-0.05, 0) is 25.8 Å². The van der Waals surface area contributed by atoms with Crippen LogP contribution in [0.2, 0.25) is 0 Å². The smallest absolute Gasteiger partial charge is 0.108 e. The molecule has 0 aromatic carbocycles. The Labute approximate surface area is 110 Å². The molecule has 0 aliphatic carbocycles. The summed E-state index contributed by atoms with van der Waals surface area (Å²) in [6.45, 7) is 7.29. The van der Waals surface area contributed by atoms with Crippen LogP contribution >= 0.6 is 0 Å². The van der Waals surface area contributed by atoms with Gasteiger partial charge >= 0.3 is 0 Å². The summed E-state index contributed by atoms with van der Waals surface area (Å²) in [7, 11) is 0. The Morgan fingerprint density at radius 2 is 2.22 bits per heavy atom. The average molecular weight is 251 g/mol. The van der Waals surface area contributed by atoms with Gasteiger partial charge in [-0.15, -0.1) is 0 Å². The van der Waals surface area contributed by atoms with Crippen molar-refractivity contribution in [2.45, 2.75) is 58.3 Å².